The van der Waals surface area contributed by atoms with Crippen LogP contribution in [-0.4, -0.2) is 23.4 Å². The average molecular weight is 145 g/mol. The van der Waals surface area contributed by atoms with Crippen molar-refractivity contribution in [2.75, 3.05) is 13.2 Å². The second kappa shape index (κ2) is 8.92. The first-order valence-corrected chi connectivity index (χ1v) is 3.95. The number of aliphatic hydroxyl groups excluding tert-OH is 2. The molecule has 0 fully saturated rings. The van der Waals surface area contributed by atoms with E-state index in [2.05, 4.69) is 6.42 Å². The van der Waals surface area contributed by atoms with Gasteiger partial charge in [0, 0.05) is 13.2 Å². The van der Waals surface area contributed by atoms with Crippen LogP contribution >= 0.6 is 0 Å². The Labute approximate surface area is 62.9 Å². The Morgan fingerprint density at radius 1 is 0.800 bits per heavy atom. The van der Waals surface area contributed by atoms with Crippen LogP contribution in [-0.2, 0) is 0 Å². The third-order valence-corrected chi connectivity index (χ3v) is 1.38. The topological polar surface area (TPSA) is 40.5 Å². The normalized spacial score (nSPS) is 10.2. The minimum absolute atomic E-state index is 0.288. The van der Waals surface area contributed by atoms with Gasteiger partial charge in [0.2, 0.25) is 0 Å². The molecule has 0 atom stereocenters. The fraction of sp³-hybridized carbons (Fsp3) is 0.875. The third kappa shape index (κ3) is 7.92. The highest BCUT2D eigenvalue weighted by atomic mass is 16.3. The highest BCUT2D eigenvalue weighted by Gasteiger charge is 1.88. The molecule has 0 spiro atoms. The third-order valence-electron chi connectivity index (χ3n) is 1.38. The van der Waals surface area contributed by atoms with Crippen molar-refractivity contribution in [3.63, 3.8) is 0 Å². The van der Waals surface area contributed by atoms with E-state index in [1.165, 1.54) is 0 Å². The zero-order valence-electron chi connectivity index (χ0n) is 6.42. The summed E-state index contributed by atoms with van der Waals surface area (Å²) in [4.78, 5) is 0. The highest BCUT2D eigenvalue weighted by Crippen LogP contribution is 2.02. The van der Waals surface area contributed by atoms with Crippen molar-refractivity contribution in [1.29, 1.82) is 0 Å². The van der Waals surface area contributed by atoms with Crippen molar-refractivity contribution in [3.8, 4) is 0 Å². The monoisotopic (exact) mass is 145 g/mol. The Balaban J connectivity index is 2.65. The van der Waals surface area contributed by atoms with Gasteiger partial charge in [-0.3, -0.25) is 0 Å². The van der Waals surface area contributed by atoms with Crippen molar-refractivity contribution in [3.05, 3.63) is 6.42 Å². The largest absolute Gasteiger partial charge is 0.396 e. The second-order valence-electron chi connectivity index (χ2n) is 2.37. The summed E-state index contributed by atoms with van der Waals surface area (Å²) in [7, 11) is 0. The molecule has 0 heterocycles. The molecule has 0 aromatic carbocycles. The lowest BCUT2D eigenvalue weighted by molar-refractivity contribution is 0.281. The molecule has 0 amide bonds. The molecule has 0 saturated heterocycles. The molecule has 0 saturated carbocycles. The molecule has 0 aliphatic carbocycles. The van der Waals surface area contributed by atoms with Crippen LogP contribution in [0.25, 0.3) is 0 Å². The number of hydrogen-bond acceptors (Lipinski definition) is 2. The van der Waals surface area contributed by atoms with Gasteiger partial charge in [0.25, 0.3) is 0 Å². The number of aliphatic hydroxyl groups is 2. The molecule has 61 valence electrons. The quantitative estimate of drug-likeness (QED) is 0.527. The van der Waals surface area contributed by atoms with E-state index in [4.69, 9.17) is 10.2 Å². The first kappa shape index (κ1) is 9.92. The molecule has 0 aliphatic rings. The average Bonchev–Trinajstić information content (AvgIpc) is 1.97. The van der Waals surface area contributed by atoms with Crippen molar-refractivity contribution >= 4 is 0 Å². The van der Waals surface area contributed by atoms with Gasteiger partial charge in [0.15, 0.2) is 0 Å². The highest BCUT2D eigenvalue weighted by molar-refractivity contribution is 4.63. The van der Waals surface area contributed by atoms with Crippen molar-refractivity contribution in [1.82, 2.24) is 0 Å². The molecule has 0 aromatic heterocycles. The summed E-state index contributed by atoms with van der Waals surface area (Å²) >= 11 is 0. The van der Waals surface area contributed by atoms with Gasteiger partial charge in [-0.2, -0.15) is 0 Å². The maximum atomic E-state index is 8.42. The fourth-order valence-electron chi connectivity index (χ4n) is 0.780. The van der Waals surface area contributed by atoms with Crippen molar-refractivity contribution < 1.29 is 10.2 Å². The van der Waals surface area contributed by atoms with Crippen LogP contribution in [0.1, 0.15) is 32.1 Å². The van der Waals surface area contributed by atoms with Gasteiger partial charge < -0.3 is 10.2 Å². The minimum Gasteiger partial charge on any atom is -0.396 e. The lowest BCUT2D eigenvalue weighted by Crippen LogP contribution is -1.86. The predicted molar refractivity (Wildman–Crippen MR) is 41.6 cm³/mol. The van der Waals surface area contributed by atoms with Gasteiger partial charge in [-0.1, -0.05) is 12.8 Å². The van der Waals surface area contributed by atoms with Crippen molar-refractivity contribution in [2.24, 2.45) is 0 Å². The Morgan fingerprint density at radius 2 is 1.40 bits per heavy atom. The lowest BCUT2D eigenvalue weighted by Gasteiger charge is -1.96. The maximum absolute atomic E-state index is 8.42. The van der Waals surface area contributed by atoms with Crippen LogP contribution in [0.5, 0.6) is 0 Å². The van der Waals surface area contributed by atoms with Gasteiger partial charge in [-0.25, -0.2) is 0 Å². The molecule has 0 rings (SSSR count). The van der Waals surface area contributed by atoms with Crippen LogP contribution in [0, 0.1) is 6.42 Å². The molecule has 0 aliphatic heterocycles. The zero-order chi connectivity index (χ0) is 7.66. The predicted octanol–water partition coefficient (Wildman–Crippen LogP) is 1.13. The van der Waals surface area contributed by atoms with Gasteiger partial charge in [0.05, 0.1) is 0 Å². The molecular weight excluding hydrogens is 128 g/mol. The number of rotatable bonds is 7. The minimum atomic E-state index is 0.288. The van der Waals surface area contributed by atoms with E-state index in [9.17, 15) is 0 Å². The van der Waals surface area contributed by atoms with Crippen LogP contribution in [0.2, 0.25) is 0 Å². The number of unbranched alkanes of at least 4 members (excludes halogenated alkanes) is 5. The van der Waals surface area contributed by atoms with Crippen LogP contribution in [0.15, 0.2) is 0 Å². The molecule has 2 nitrogen and oxygen atoms in total. The standard InChI is InChI=1S/C8H17O2/c9-7-5-3-1-2-4-6-8-10/h1,9-10H,2-8H2. The Morgan fingerprint density at radius 3 is 2.00 bits per heavy atom. The van der Waals surface area contributed by atoms with Gasteiger partial charge in [-0.15, -0.1) is 0 Å². The summed E-state index contributed by atoms with van der Waals surface area (Å²) in [6, 6.07) is 0. The molecular formula is C8H17O2. The van der Waals surface area contributed by atoms with Crippen LogP contribution in [0.3, 0.4) is 0 Å². The SMILES string of the molecule is OCCC[CH]CCCCO. The van der Waals surface area contributed by atoms with Crippen LogP contribution < -0.4 is 0 Å². The van der Waals surface area contributed by atoms with E-state index in [0.717, 1.165) is 32.1 Å². The van der Waals surface area contributed by atoms with E-state index in [0.29, 0.717) is 6.61 Å². The van der Waals surface area contributed by atoms with E-state index in [1.54, 1.807) is 0 Å². The zero-order valence-corrected chi connectivity index (χ0v) is 6.42. The first-order valence-electron chi connectivity index (χ1n) is 3.95. The molecule has 0 aromatic rings. The Hall–Kier alpha value is -0.0800. The van der Waals surface area contributed by atoms with Crippen molar-refractivity contribution in [2.45, 2.75) is 32.1 Å². The summed E-state index contributed by atoms with van der Waals surface area (Å²) in [5, 5.41) is 16.8. The molecule has 0 unspecified atom stereocenters. The molecule has 10 heavy (non-hydrogen) atoms. The van der Waals surface area contributed by atoms with E-state index in [-0.39, 0.29) is 6.61 Å². The number of hydrogen-bond donors (Lipinski definition) is 2. The summed E-state index contributed by atoms with van der Waals surface area (Å²) in [6.07, 6.45) is 7.09. The van der Waals surface area contributed by atoms with Gasteiger partial charge in [0.1, 0.15) is 0 Å². The van der Waals surface area contributed by atoms with Gasteiger partial charge in [-0.05, 0) is 25.7 Å². The lowest BCUT2D eigenvalue weighted by atomic mass is 10.1. The summed E-state index contributed by atoms with van der Waals surface area (Å²) < 4.78 is 0. The summed E-state index contributed by atoms with van der Waals surface area (Å²) in [5.41, 5.74) is 0. The first-order chi connectivity index (χ1) is 4.91. The fourth-order valence-corrected chi connectivity index (χ4v) is 0.780. The maximum Gasteiger partial charge on any atom is 0.0431 e. The van der Waals surface area contributed by atoms with Gasteiger partial charge >= 0.3 is 0 Å². The molecule has 1 radical (unpaired) electrons. The Kier molecular flexibility index (Phi) is 8.85. The second-order valence-corrected chi connectivity index (χ2v) is 2.37. The molecule has 0 bridgehead atoms. The summed E-state index contributed by atoms with van der Waals surface area (Å²) in [6.45, 7) is 0.588. The Bertz CT molecular complexity index is 47.2. The van der Waals surface area contributed by atoms with Crippen LogP contribution in [0.4, 0.5) is 0 Å². The van der Waals surface area contributed by atoms with E-state index in [1.807, 2.05) is 0 Å². The molecule has 2 N–H and O–H groups in total. The smallest absolute Gasteiger partial charge is 0.0431 e. The van der Waals surface area contributed by atoms with E-state index >= 15 is 0 Å². The van der Waals surface area contributed by atoms with E-state index < -0.39 is 0 Å². The summed E-state index contributed by atoms with van der Waals surface area (Å²) in [5.74, 6) is 0. The molecule has 2 heteroatoms.